The zero-order valence-electron chi connectivity index (χ0n) is 15.3. The molecular weight excluding hydrogens is 464 g/mol. The summed E-state index contributed by atoms with van der Waals surface area (Å²) in [6.07, 6.45) is 0. The highest BCUT2D eigenvalue weighted by Crippen LogP contribution is 2.29. The van der Waals surface area contributed by atoms with Crippen molar-refractivity contribution in [1.29, 1.82) is 0 Å². The number of hydrogen-bond acceptors (Lipinski definition) is 4. The van der Waals surface area contributed by atoms with E-state index in [1.54, 1.807) is 14.2 Å². The fourth-order valence-corrected chi connectivity index (χ4v) is 2.76. The van der Waals surface area contributed by atoms with Gasteiger partial charge >= 0.3 is 0 Å². The van der Waals surface area contributed by atoms with Crippen LogP contribution >= 0.6 is 24.0 Å². The van der Waals surface area contributed by atoms with Gasteiger partial charge in [-0.15, -0.1) is 24.0 Å². The van der Waals surface area contributed by atoms with Gasteiger partial charge in [0.15, 0.2) is 12.8 Å². The van der Waals surface area contributed by atoms with Crippen LogP contribution in [0.1, 0.15) is 16.7 Å². The first-order chi connectivity index (χ1) is 12.7. The molecule has 8 heteroatoms. The van der Waals surface area contributed by atoms with E-state index in [0.717, 1.165) is 16.9 Å². The highest BCUT2D eigenvalue weighted by molar-refractivity contribution is 14.0. The van der Waals surface area contributed by atoms with Crippen molar-refractivity contribution in [3.63, 3.8) is 0 Å². The SMILES string of the molecule is CN=C(NCc1cccc(OC)c1)NCc1cc(F)cc2c1OCOC2.I. The Balaban J connectivity index is 0.00000261. The van der Waals surface area contributed by atoms with E-state index in [0.29, 0.717) is 37.0 Å². The molecule has 1 aliphatic heterocycles. The van der Waals surface area contributed by atoms with Gasteiger partial charge in [0.2, 0.25) is 0 Å². The first kappa shape index (κ1) is 21.2. The number of nitrogens with one attached hydrogen (secondary N) is 2. The summed E-state index contributed by atoms with van der Waals surface area (Å²) in [5.74, 6) is 1.78. The minimum absolute atomic E-state index is 0. The summed E-state index contributed by atoms with van der Waals surface area (Å²) in [6.45, 7) is 1.50. The molecular formula is C19H23FIN3O3. The fraction of sp³-hybridized carbons (Fsp3) is 0.316. The Morgan fingerprint density at radius 3 is 2.81 bits per heavy atom. The van der Waals surface area contributed by atoms with E-state index in [2.05, 4.69) is 15.6 Å². The van der Waals surface area contributed by atoms with E-state index < -0.39 is 0 Å². The third-order valence-corrected chi connectivity index (χ3v) is 4.02. The number of rotatable bonds is 5. The van der Waals surface area contributed by atoms with E-state index in [4.69, 9.17) is 14.2 Å². The maximum Gasteiger partial charge on any atom is 0.191 e. The predicted octanol–water partition coefficient (Wildman–Crippen LogP) is 3.18. The summed E-state index contributed by atoms with van der Waals surface area (Å²) in [6, 6.07) is 10.7. The number of guanidine groups is 1. The second-order valence-electron chi connectivity index (χ2n) is 5.79. The van der Waals surface area contributed by atoms with Crippen molar-refractivity contribution in [2.45, 2.75) is 19.7 Å². The smallest absolute Gasteiger partial charge is 0.191 e. The molecule has 0 aliphatic carbocycles. The lowest BCUT2D eigenvalue weighted by molar-refractivity contribution is -0.0172. The van der Waals surface area contributed by atoms with Gasteiger partial charge in [-0.05, 0) is 29.8 Å². The summed E-state index contributed by atoms with van der Waals surface area (Å²) in [5.41, 5.74) is 2.51. The number of fused-ring (bicyclic) bond motifs is 1. The Hall–Kier alpha value is -2.07. The van der Waals surface area contributed by atoms with Crippen LogP contribution in [0.2, 0.25) is 0 Å². The molecule has 0 aromatic heterocycles. The van der Waals surface area contributed by atoms with Crippen LogP contribution in [0.5, 0.6) is 11.5 Å². The molecule has 0 radical (unpaired) electrons. The maximum atomic E-state index is 13.8. The quantitative estimate of drug-likeness (QED) is 0.386. The van der Waals surface area contributed by atoms with Crippen LogP contribution in [0.15, 0.2) is 41.4 Å². The second kappa shape index (κ2) is 10.3. The average molecular weight is 487 g/mol. The Bertz CT molecular complexity index is 802. The van der Waals surface area contributed by atoms with Crippen LogP contribution < -0.4 is 20.1 Å². The first-order valence-electron chi connectivity index (χ1n) is 8.29. The van der Waals surface area contributed by atoms with Crippen LogP contribution in [0, 0.1) is 5.82 Å². The summed E-state index contributed by atoms with van der Waals surface area (Å²) in [7, 11) is 3.33. The number of ether oxygens (including phenoxy) is 3. The molecule has 2 N–H and O–H groups in total. The van der Waals surface area contributed by atoms with Gasteiger partial charge < -0.3 is 24.8 Å². The topological polar surface area (TPSA) is 64.1 Å². The zero-order chi connectivity index (χ0) is 18.4. The highest BCUT2D eigenvalue weighted by Gasteiger charge is 2.17. The molecule has 27 heavy (non-hydrogen) atoms. The second-order valence-corrected chi connectivity index (χ2v) is 5.79. The van der Waals surface area contributed by atoms with Crippen LogP contribution in [0.3, 0.4) is 0 Å². The molecule has 0 fully saturated rings. The van der Waals surface area contributed by atoms with Gasteiger partial charge in [-0.25, -0.2) is 4.39 Å². The summed E-state index contributed by atoms with van der Waals surface area (Å²) >= 11 is 0. The standard InChI is InChI=1S/C19H22FN3O3.HI/c1-21-19(22-9-13-4-3-5-17(6-13)24-2)23-10-14-7-16(20)8-15-11-25-12-26-18(14)15;/h3-8H,9-12H2,1-2H3,(H2,21,22,23);1H. The third-order valence-electron chi connectivity index (χ3n) is 4.02. The lowest BCUT2D eigenvalue weighted by Crippen LogP contribution is -2.36. The molecule has 0 bridgehead atoms. The van der Waals surface area contributed by atoms with E-state index in [-0.39, 0.29) is 36.6 Å². The minimum Gasteiger partial charge on any atom is -0.497 e. The van der Waals surface area contributed by atoms with Crippen molar-refractivity contribution in [3.05, 3.63) is 58.9 Å². The molecule has 1 heterocycles. The number of halogens is 2. The molecule has 0 amide bonds. The maximum absolute atomic E-state index is 13.8. The largest absolute Gasteiger partial charge is 0.497 e. The molecule has 2 aromatic rings. The van der Waals surface area contributed by atoms with E-state index in [9.17, 15) is 4.39 Å². The average Bonchev–Trinajstić information content (AvgIpc) is 2.68. The number of aliphatic imine (C=N–C) groups is 1. The molecule has 0 saturated carbocycles. The van der Waals surface area contributed by atoms with Crippen molar-refractivity contribution >= 4 is 29.9 Å². The Morgan fingerprint density at radius 1 is 1.22 bits per heavy atom. The highest BCUT2D eigenvalue weighted by atomic mass is 127. The predicted molar refractivity (Wildman–Crippen MR) is 112 cm³/mol. The summed E-state index contributed by atoms with van der Waals surface area (Å²) < 4.78 is 29.8. The first-order valence-corrected chi connectivity index (χ1v) is 8.29. The van der Waals surface area contributed by atoms with Crippen molar-refractivity contribution in [3.8, 4) is 11.5 Å². The lowest BCUT2D eigenvalue weighted by Gasteiger charge is -2.21. The van der Waals surface area contributed by atoms with E-state index in [1.165, 1.54) is 12.1 Å². The third kappa shape index (κ3) is 5.70. The van der Waals surface area contributed by atoms with E-state index >= 15 is 0 Å². The van der Waals surface area contributed by atoms with Crippen molar-refractivity contribution in [2.75, 3.05) is 21.0 Å². The van der Waals surface area contributed by atoms with Gasteiger partial charge in [0.25, 0.3) is 0 Å². The van der Waals surface area contributed by atoms with Crippen LogP contribution in [-0.2, 0) is 24.4 Å². The van der Waals surface area contributed by atoms with Gasteiger partial charge in [0, 0.05) is 31.3 Å². The zero-order valence-corrected chi connectivity index (χ0v) is 17.6. The number of nitrogens with zero attached hydrogens (tertiary/aromatic N) is 1. The Labute approximate surface area is 175 Å². The van der Waals surface area contributed by atoms with Crippen LogP contribution in [0.25, 0.3) is 0 Å². The monoisotopic (exact) mass is 487 g/mol. The minimum atomic E-state index is -0.311. The Kier molecular flexibility index (Phi) is 8.11. The lowest BCUT2D eigenvalue weighted by atomic mass is 10.1. The normalized spacial score (nSPS) is 13.1. The van der Waals surface area contributed by atoms with Gasteiger partial charge in [-0.1, -0.05) is 12.1 Å². The molecule has 2 aromatic carbocycles. The molecule has 6 nitrogen and oxygen atoms in total. The van der Waals surface area contributed by atoms with Gasteiger partial charge in [-0.3, -0.25) is 4.99 Å². The molecule has 146 valence electrons. The van der Waals surface area contributed by atoms with Crippen molar-refractivity contribution < 1.29 is 18.6 Å². The number of methoxy groups -OCH3 is 1. The molecule has 1 aliphatic rings. The fourth-order valence-electron chi connectivity index (χ4n) is 2.76. The number of benzene rings is 2. The Morgan fingerprint density at radius 2 is 2.04 bits per heavy atom. The molecule has 0 atom stereocenters. The molecule has 0 spiro atoms. The van der Waals surface area contributed by atoms with Crippen molar-refractivity contribution in [2.24, 2.45) is 4.99 Å². The van der Waals surface area contributed by atoms with Gasteiger partial charge in [0.05, 0.1) is 13.7 Å². The van der Waals surface area contributed by atoms with Crippen molar-refractivity contribution in [1.82, 2.24) is 10.6 Å². The molecule has 3 rings (SSSR count). The van der Waals surface area contributed by atoms with Crippen LogP contribution in [-0.4, -0.2) is 26.9 Å². The van der Waals surface area contributed by atoms with Gasteiger partial charge in [-0.2, -0.15) is 0 Å². The van der Waals surface area contributed by atoms with E-state index in [1.807, 2.05) is 24.3 Å². The summed E-state index contributed by atoms with van der Waals surface area (Å²) in [5, 5.41) is 6.41. The van der Waals surface area contributed by atoms with Crippen LogP contribution in [0.4, 0.5) is 4.39 Å². The van der Waals surface area contributed by atoms with Gasteiger partial charge in [0.1, 0.15) is 17.3 Å². The number of hydrogen-bond donors (Lipinski definition) is 2. The summed E-state index contributed by atoms with van der Waals surface area (Å²) in [4.78, 5) is 4.20. The molecule has 0 saturated heterocycles. The molecule has 0 unspecified atom stereocenters.